The van der Waals surface area contributed by atoms with Gasteiger partial charge in [0.25, 0.3) is 0 Å². The number of halogens is 3. The zero-order chi connectivity index (χ0) is 17.8. The summed E-state index contributed by atoms with van der Waals surface area (Å²) in [4.78, 5) is 23.0. The monoisotopic (exact) mass is 345 g/mol. The van der Waals surface area contributed by atoms with Crippen molar-refractivity contribution in [2.24, 2.45) is 5.41 Å². The number of hydrogen-bond acceptors (Lipinski definition) is 3. The second-order valence-electron chi connectivity index (χ2n) is 5.91. The fourth-order valence-electron chi connectivity index (χ4n) is 2.64. The van der Waals surface area contributed by atoms with Crippen molar-refractivity contribution in [3.8, 4) is 5.75 Å². The van der Waals surface area contributed by atoms with Gasteiger partial charge in [0.15, 0.2) is 0 Å². The topological polar surface area (TPSA) is 75.6 Å². The normalized spacial score (nSPS) is 16.1. The second-order valence-corrected chi connectivity index (χ2v) is 5.91. The molecular weight excluding hydrogens is 327 g/mol. The Morgan fingerprint density at radius 2 is 1.83 bits per heavy atom. The molecular formula is C16H18F3NO4. The zero-order valence-electron chi connectivity index (χ0n) is 12.9. The molecule has 5 nitrogen and oxygen atoms in total. The molecule has 8 heteroatoms. The molecule has 0 heterocycles. The van der Waals surface area contributed by atoms with Crippen molar-refractivity contribution < 1.29 is 32.6 Å². The van der Waals surface area contributed by atoms with E-state index in [0.29, 0.717) is 19.3 Å². The van der Waals surface area contributed by atoms with E-state index in [-0.39, 0.29) is 24.6 Å². The second kappa shape index (κ2) is 7.11. The van der Waals surface area contributed by atoms with Gasteiger partial charge in [-0.1, -0.05) is 18.6 Å². The summed E-state index contributed by atoms with van der Waals surface area (Å²) in [6.07, 6.45) is -2.51. The summed E-state index contributed by atoms with van der Waals surface area (Å²) in [5.74, 6) is -1.57. The molecule has 2 rings (SSSR count). The van der Waals surface area contributed by atoms with E-state index >= 15 is 0 Å². The molecule has 0 radical (unpaired) electrons. The molecule has 0 bridgehead atoms. The predicted octanol–water partition coefficient (Wildman–Crippen LogP) is 2.89. The SMILES string of the molecule is O=C(CC1(C(=O)O)CCC1)NCCc1ccc(OC(F)(F)F)cc1. The number of ether oxygens (including phenoxy) is 1. The average molecular weight is 345 g/mol. The highest BCUT2D eigenvalue weighted by atomic mass is 19.4. The number of rotatable bonds is 7. The third kappa shape index (κ3) is 4.87. The number of hydrogen-bond donors (Lipinski definition) is 2. The fourth-order valence-corrected chi connectivity index (χ4v) is 2.64. The Labute approximate surface area is 136 Å². The standard InChI is InChI=1S/C16H18F3NO4/c17-16(18,19)24-12-4-2-11(3-5-12)6-9-20-13(21)10-15(14(22)23)7-1-8-15/h2-5H,1,6-10H2,(H,20,21)(H,22,23). The molecule has 1 aromatic rings. The molecule has 1 aromatic carbocycles. The van der Waals surface area contributed by atoms with Crippen molar-refractivity contribution in [2.75, 3.05) is 6.54 Å². The van der Waals surface area contributed by atoms with Crippen molar-refractivity contribution in [2.45, 2.75) is 38.5 Å². The molecule has 1 aliphatic carbocycles. The molecule has 0 aliphatic heterocycles. The van der Waals surface area contributed by atoms with E-state index in [9.17, 15) is 27.9 Å². The largest absolute Gasteiger partial charge is 0.573 e. The minimum atomic E-state index is -4.73. The maximum atomic E-state index is 12.0. The van der Waals surface area contributed by atoms with E-state index < -0.39 is 17.7 Å². The Kier molecular flexibility index (Phi) is 5.36. The van der Waals surface area contributed by atoms with Gasteiger partial charge in [-0.15, -0.1) is 13.2 Å². The Hall–Kier alpha value is -2.25. The highest BCUT2D eigenvalue weighted by Gasteiger charge is 2.45. The van der Waals surface area contributed by atoms with Crippen molar-refractivity contribution in [3.05, 3.63) is 29.8 Å². The van der Waals surface area contributed by atoms with Gasteiger partial charge in [-0.25, -0.2) is 0 Å². The third-order valence-corrected chi connectivity index (χ3v) is 4.16. The molecule has 0 spiro atoms. The lowest BCUT2D eigenvalue weighted by atomic mass is 9.66. The van der Waals surface area contributed by atoms with Gasteiger partial charge in [-0.05, 0) is 37.0 Å². The first kappa shape index (κ1) is 18.1. The Morgan fingerprint density at radius 3 is 2.29 bits per heavy atom. The summed E-state index contributed by atoms with van der Waals surface area (Å²) in [5.41, 5.74) is -0.192. The summed E-state index contributed by atoms with van der Waals surface area (Å²) < 4.78 is 39.9. The highest BCUT2D eigenvalue weighted by Crippen LogP contribution is 2.44. The fraction of sp³-hybridized carbons (Fsp3) is 0.500. The van der Waals surface area contributed by atoms with Crippen LogP contribution in [0.25, 0.3) is 0 Å². The van der Waals surface area contributed by atoms with Crippen LogP contribution < -0.4 is 10.1 Å². The van der Waals surface area contributed by atoms with Gasteiger partial charge in [-0.2, -0.15) is 0 Å². The number of amides is 1. The number of benzene rings is 1. The van der Waals surface area contributed by atoms with Crippen molar-refractivity contribution >= 4 is 11.9 Å². The molecule has 0 saturated heterocycles. The van der Waals surface area contributed by atoms with Crippen LogP contribution in [0.5, 0.6) is 5.75 Å². The molecule has 1 aliphatic rings. The molecule has 0 unspecified atom stereocenters. The number of alkyl halides is 3. The molecule has 1 fully saturated rings. The summed E-state index contributed by atoms with van der Waals surface area (Å²) in [5, 5.41) is 11.8. The van der Waals surface area contributed by atoms with Crippen LogP contribution in [-0.2, 0) is 16.0 Å². The summed E-state index contributed by atoms with van der Waals surface area (Å²) in [6.45, 7) is 0.286. The number of aliphatic carboxylic acids is 1. The molecule has 2 N–H and O–H groups in total. The Balaban J connectivity index is 1.75. The minimum absolute atomic E-state index is 0.0410. The van der Waals surface area contributed by atoms with Crippen LogP contribution in [0.2, 0.25) is 0 Å². The van der Waals surface area contributed by atoms with E-state index in [1.165, 1.54) is 24.3 Å². The van der Waals surface area contributed by atoms with Crippen LogP contribution in [0.3, 0.4) is 0 Å². The van der Waals surface area contributed by atoms with E-state index in [2.05, 4.69) is 10.1 Å². The lowest BCUT2D eigenvalue weighted by Crippen LogP contribution is -2.42. The van der Waals surface area contributed by atoms with E-state index in [0.717, 1.165) is 12.0 Å². The van der Waals surface area contributed by atoms with Crippen molar-refractivity contribution in [1.29, 1.82) is 0 Å². The zero-order valence-corrected chi connectivity index (χ0v) is 12.9. The highest BCUT2D eigenvalue weighted by molar-refractivity contribution is 5.85. The maximum absolute atomic E-state index is 12.0. The third-order valence-electron chi connectivity index (χ3n) is 4.16. The summed E-state index contributed by atoms with van der Waals surface area (Å²) >= 11 is 0. The predicted molar refractivity (Wildman–Crippen MR) is 78.4 cm³/mol. The van der Waals surface area contributed by atoms with Gasteiger partial charge in [0.2, 0.25) is 5.91 Å². The number of carbonyl (C=O) groups is 2. The maximum Gasteiger partial charge on any atom is 0.573 e. The van der Waals surface area contributed by atoms with Gasteiger partial charge in [0.1, 0.15) is 5.75 Å². The van der Waals surface area contributed by atoms with Crippen LogP contribution in [0.1, 0.15) is 31.2 Å². The first-order valence-electron chi connectivity index (χ1n) is 7.55. The van der Waals surface area contributed by atoms with Gasteiger partial charge in [-0.3, -0.25) is 9.59 Å². The van der Waals surface area contributed by atoms with Crippen LogP contribution in [-0.4, -0.2) is 29.9 Å². The molecule has 0 atom stereocenters. The quantitative estimate of drug-likeness (QED) is 0.797. The van der Waals surface area contributed by atoms with Gasteiger partial charge in [0, 0.05) is 13.0 Å². The number of carbonyl (C=O) groups excluding carboxylic acids is 1. The number of carboxylic acid groups (broad SMARTS) is 1. The van der Waals surface area contributed by atoms with E-state index in [1.807, 2.05) is 0 Å². The van der Waals surface area contributed by atoms with Crippen LogP contribution in [0.15, 0.2) is 24.3 Å². The minimum Gasteiger partial charge on any atom is -0.481 e. The summed E-state index contributed by atoms with van der Waals surface area (Å²) in [6, 6.07) is 5.38. The summed E-state index contributed by atoms with van der Waals surface area (Å²) in [7, 11) is 0. The van der Waals surface area contributed by atoms with Gasteiger partial charge in [0.05, 0.1) is 5.41 Å². The first-order valence-corrected chi connectivity index (χ1v) is 7.55. The van der Waals surface area contributed by atoms with Crippen LogP contribution in [0, 0.1) is 5.41 Å². The van der Waals surface area contributed by atoms with Gasteiger partial charge >= 0.3 is 12.3 Å². The Bertz CT molecular complexity index is 594. The van der Waals surface area contributed by atoms with Crippen molar-refractivity contribution in [1.82, 2.24) is 5.32 Å². The lowest BCUT2D eigenvalue weighted by Gasteiger charge is -2.36. The van der Waals surface area contributed by atoms with Crippen molar-refractivity contribution in [3.63, 3.8) is 0 Å². The van der Waals surface area contributed by atoms with Crippen LogP contribution in [0.4, 0.5) is 13.2 Å². The first-order chi connectivity index (χ1) is 11.2. The van der Waals surface area contributed by atoms with E-state index in [1.54, 1.807) is 0 Å². The molecule has 24 heavy (non-hydrogen) atoms. The molecule has 1 saturated carbocycles. The average Bonchev–Trinajstić information content (AvgIpc) is 2.43. The molecule has 132 valence electrons. The molecule has 1 amide bonds. The van der Waals surface area contributed by atoms with Gasteiger partial charge < -0.3 is 15.2 Å². The Morgan fingerprint density at radius 1 is 1.21 bits per heavy atom. The smallest absolute Gasteiger partial charge is 0.481 e. The lowest BCUT2D eigenvalue weighted by molar-refractivity contribution is -0.274. The van der Waals surface area contributed by atoms with E-state index in [4.69, 9.17) is 0 Å². The number of carboxylic acids is 1. The van der Waals surface area contributed by atoms with Crippen LogP contribution >= 0.6 is 0 Å². The number of nitrogens with one attached hydrogen (secondary N) is 1. The molecule has 0 aromatic heterocycles.